The molecule has 2 aromatic carbocycles. The zero-order valence-electron chi connectivity index (χ0n) is 10.3. The molecule has 3 N–H and O–H groups in total. The lowest BCUT2D eigenvalue weighted by atomic mass is 9.97. The first-order valence-electron chi connectivity index (χ1n) is 6.00. The van der Waals surface area contributed by atoms with E-state index in [1.807, 2.05) is 30.3 Å². The maximum atomic E-state index is 13.3. The van der Waals surface area contributed by atoms with E-state index in [2.05, 4.69) is 0 Å². The minimum atomic E-state index is -0.791. The molecule has 0 spiro atoms. The fourth-order valence-electron chi connectivity index (χ4n) is 1.97. The van der Waals surface area contributed by atoms with Crippen LogP contribution in [-0.4, -0.2) is 11.2 Å². The van der Waals surface area contributed by atoms with Gasteiger partial charge < -0.3 is 10.8 Å². The largest absolute Gasteiger partial charge is 0.391 e. The smallest absolute Gasteiger partial charge is 0.125 e. The summed E-state index contributed by atoms with van der Waals surface area (Å²) in [7, 11) is 0. The van der Waals surface area contributed by atoms with Crippen molar-refractivity contribution in [2.24, 2.45) is 5.73 Å². The molecule has 0 amide bonds. The van der Waals surface area contributed by atoms with Gasteiger partial charge in [0.15, 0.2) is 0 Å². The number of aliphatic hydroxyl groups is 1. The van der Waals surface area contributed by atoms with Gasteiger partial charge in [0.25, 0.3) is 0 Å². The van der Waals surface area contributed by atoms with E-state index in [9.17, 15) is 9.50 Å². The molecule has 2 atom stereocenters. The third-order valence-corrected chi connectivity index (χ3v) is 3.19. The number of hydrogen-bond acceptors (Lipinski definition) is 2. The van der Waals surface area contributed by atoms with Crippen molar-refractivity contribution in [2.45, 2.75) is 18.6 Å². The molecule has 2 aromatic rings. The van der Waals surface area contributed by atoms with Crippen LogP contribution in [0.4, 0.5) is 4.39 Å². The van der Waals surface area contributed by atoms with Crippen LogP contribution >= 0.6 is 11.6 Å². The number of benzene rings is 2. The van der Waals surface area contributed by atoms with Gasteiger partial charge in [-0.1, -0.05) is 41.9 Å². The Balaban J connectivity index is 2.12. The summed E-state index contributed by atoms with van der Waals surface area (Å²) in [5, 5.41) is 10.4. The van der Waals surface area contributed by atoms with E-state index < -0.39 is 18.0 Å². The van der Waals surface area contributed by atoms with Gasteiger partial charge in [0.2, 0.25) is 0 Å². The molecule has 0 radical (unpaired) electrons. The van der Waals surface area contributed by atoms with Crippen LogP contribution < -0.4 is 5.73 Å². The third-order valence-electron chi connectivity index (χ3n) is 2.97. The molecule has 100 valence electrons. The van der Waals surface area contributed by atoms with Crippen LogP contribution in [0, 0.1) is 5.82 Å². The van der Waals surface area contributed by atoms with Gasteiger partial charge in [-0.25, -0.2) is 4.39 Å². The van der Waals surface area contributed by atoms with Crippen molar-refractivity contribution in [1.29, 1.82) is 0 Å². The van der Waals surface area contributed by atoms with Crippen LogP contribution in [0.15, 0.2) is 48.5 Å². The highest BCUT2D eigenvalue weighted by molar-refractivity contribution is 6.30. The van der Waals surface area contributed by atoms with Crippen LogP contribution in [0.2, 0.25) is 5.02 Å². The van der Waals surface area contributed by atoms with E-state index in [0.29, 0.717) is 12.0 Å². The Kier molecular flexibility index (Phi) is 4.53. The predicted octanol–water partition coefficient (Wildman–Crippen LogP) is 3.08. The number of halogens is 2. The average Bonchev–Trinajstić information content (AvgIpc) is 2.37. The first kappa shape index (κ1) is 14.0. The van der Waals surface area contributed by atoms with Crippen molar-refractivity contribution < 1.29 is 9.50 Å². The lowest BCUT2D eigenvalue weighted by molar-refractivity contribution is 0.145. The maximum Gasteiger partial charge on any atom is 0.125 e. The second-order valence-electron chi connectivity index (χ2n) is 4.49. The van der Waals surface area contributed by atoms with Crippen LogP contribution in [0.3, 0.4) is 0 Å². The summed E-state index contributed by atoms with van der Waals surface area (Å²) in [6.45, 7) is 0. The number of rotatable bonds is 4. The summed E-state index contributed by atoms with van der Waals surface area (Å²) in [6, 6.07) is 12.9. The molecule has 0 fully saturated rings. The second-order valence-corrected chi connectivity index (χ2v) is 4.92. The van der Waals surface area contributed by atoms with E-state index in [4.69, 9.17) is 17.3 Å². The van der Waals surface area contributed by atoms with Crippen molar-refractivity contribution in [2.75, 3.05) is 0 Å². The Morgan fingerprint density at radius 3 is 2.47 bits per heavy atom. The minimum Gasteiger partial charge on any atom is -0.391 e. The highest BCUT2D eigenvalue weighted by atomic mass is 35.5. The molecule has 2 rings (SSSR count). The molecular formula is C15H15ClFNO. The van der Waals surface area contributed by atoms with Gasteiger partial charge in [0.1, 0.15) is 5.82 Å². The van der Waals surface area contributed by atoms with Crippen LogP contribution in [0.5, 0.6) is 0 Å². The molecule has 0 aliphatic heterocycles. The zero-order valence-corrected chi connectivity index (χ0v) is 11.0. The van der Waals surface area contributed by atoms with Crippen molar-refractivity contribution in [3.8, 4) is 0 Å². The molecule has 0 heterocycles. The fraction of sp³-hybridized carbons (Fsp3) is 0.200. The maximum absolute atomic E-state index is 13.3. The van der Waals surface area contributed by atoms with Crippen molar-refractivity contribution in [3.63, 3.8) is 0 Å². The summed E-state index contributed by atoms with van der Waals surface area (Å²) in [6.07, 6.45) is -0.379. The molecule has 0 bridgehead atoms. The van der Waals surface area contributed by atoms with E-state index in [-0.39, 0.29) is 5.02 Å². The van der Waals surface area contributed by atoms with Gasteiger partial charge >= 0.3 is 0 Å². The highest BCUT2D eigenvalue weighted by Gasteiger charge is 2.18. The minimum absolute atomic E-state index is 0.275. The third kappa shape index (κ3) is 3.77. The fourth-order valence-corrected chi connectivity index (χ4v) is 2.20. The molecule has 0 saturated carbocycles. The van der Waals surface area contributed by atoms with Gasteiger partial charge in [0, 0.05) is 11.4 Å². The molecule has 4 heteroatoms. The molecular weight excluding hydrogens is 265 g/mol. The number of hydrogen-bond donors (Lipinski definition) is 2. The molecule has 0 unspecified atom stereocenters. The highest BCUT2D eigenvalue weighted by Crippen LogP contribution is 2.22. The first-order valence-corrected chi connectivity index (χ1v) is 6.37. The molecule has 0 saturated heterocycles. The lowest BCUT2D eigenvalue weighted by Gasteiger charge is -2.19. The van der Waals surface area contributed by atoms with E-state index in [1.165, 1.54) is 12.1 Å². The summed E-state index contributed by atoms with van der Waals surface area (Å²) in [4.78, 5) is 0. The Hall–Kier alpha value is -1.42. The second kappa shape index (κ2) is 6.15. The van der Waals surface area contributed by atoms with E-state index in [0.717, 1.165) is 5.56 Å². The monoisotopic (exact) mass is 279 g/mol. The molecule has 2 nitrogen and oxygen atoms in total. The molecule has 0 aliphatic carbocycles. The Morgan fingerprint density at radius 1 is 1.16 bits per heavy atom. The topological polar surface area (TPSA) is 46.2 Å². The lowest BCUT2D eigenvalue weighted by Crippen LogP contribution is -2.28. The van der Waals surface area contributed by atoms with Crippen molar-refractivity contribution in [3.05, 3.63) is 70.5 Å². The molecule has 0 aromatic heterocycles. The predicted molar refractivity (Wildman–Crippen MR) is 74.5 cm³/mol. The quantitative estimate of drug-likeness (QED) is 0.903. The van der Waals surface area contributed by atoms with Crippen molar-refractivity contribution >= 4 is 11.6 Å². The molecule has 0 aliphatic rings. The zero-order chi connectivity index (χ0) is 13.8. The standard InChI is InChI=1S/C15H15ClFNO/c16-12-7-11(8-13(17)9-12)15(18)14(19)6-10-4-2-1-3-5-10/h1-5,7-9,14-15,19H,6,18H2/t14-,15+/m1/s1. The van der Waals surface area contributed by atoms with E-state index in [1.54, 1.807) is 6.07 Å². The van der Waals surface area contributed by atoms with Crippen LogP contribution in [-0.2, 0) is 6.42 Å². The Labute approximate surface area is 116 Å². The van der Waals surface area contributed by atoms with Gasteiger partial charge in [-0.05, 0) is 29.3 Å². The summed E-state index contributed by atoms with van der Waals surface area (Å²) in [5.41, 5.74) is 7.42. The van der Waals surface area contributed by atoms with Gasteiger partial charge in [-0.15, -0.1) is 0 Å². The number of aliphatic hydroxyl groups excluding tert-OH is 1. The summed E-state index contributed by atoms with van der Waals surface area (Å²) in [5.74, 6) is -0.454. The summed E-state index contributed by atoms with van der Waals surface area (Å²) < 4.78 is 13.3. The molecule has 19 heavy (non-hydrogen) atoms. The van der Waals surface area contributed by atoms with Crippen LogP contribution in [0.25, 0.3) is 0 Å². The SMILES string of the molecule is N[C@@H](c1cc(F)cc(Cl)c1)[C@H](O)Cc1ccccc1. The Morgan fingerprint density at radius 2 is 1.84 bits per heavy atom. The Bertz CT molecular complexity index is 527. The first-order chi connectivity index (χ1) is 9.06. The average molecular weight is 280 g/mol. The van der Waals surface area contributed by atoms with Gasteiger partial charge in [0.05, 0.1) is 12.1 Å². The van der Waals surface area contributed by atoms with Gasteiger partial charge in [-0.2, -0.15) is 0 Å². The normalized spacial score (nSPS) is 14.1. The van der Waals surface area contributed by atoms with E-state index >= 15 is 0 Å². The summed E-state index contributed by atoms with van der Waals surface area (Å²) >= 11 is 5.78. The van der Waals surface area contributed by atoms with Crippen molar-refractivity contribution in [1.82, 2.24) is 0 Å². The van der Waals surface area contributed by atoms with Gasteiger partial charge in [-0.3, -0.25) is 0 Å². The van der Waals surface area contributed by atoms with Crippen LogP contribution in [0.1, 0.15) is 17.2 Å². The number of nitrogens with two attached hydrogens (primary N) is 1.